The molecule has 3 aromatic rings. The van der Waals surface area contributed by atoms with Crippen molar-refractivity contribution < 1.29 is 23.8 Å². The van der Waals surface area contributed by atoms with Crippen LogP contribution in [0.4, 0.5) is 0 Å². The molecule has 0 N–H and O–H groups in total. The standard InChI is InChI=1S/C27H24Cl3NO5/c1-2-34-27(33)20-13-15-35-24-21(20)16-22(28)25(23(24)29)36-19-10-8-18(9-11-19)26(32)31(30)14-12-17-6-4-3-5-7-17/h3-11,16,20H,2,12-15H2,1H3. The number of benzene rings is 3. The maximum atomic E-state index is 12.7. The average molecular weight is 549 g/mol. The van der Waals surface area contributed by atoms with Crippen molar-refractivity contribution in [1.29, 1.82) is 0 Å². The monoisotopic (exact) mass is 547 g/mol. The largest absolute Gasteiger partial charge is 0.492 e. The summed E-state index contributed by atoms with van der Waals surface area (Å²) in [6.45, 7) is 2.72. The first kappa shape index (κ1) is 26.1. The van der Waals surface area contributed by atoms with Gasteiger partial charge in [-0.3, -0.25) is 14.0 Å². The van der Waals surface area contributed by atoms with E-state index in [9.17, 15) is 9.59 Å². The lowest BCUT2D eigenvalue weighted by atomic mass is 9.93. The Labute approximate surface area is 224 Å². The number of ether oxygens (including phenoxy) is 3. The number of hydrogen-bond acceptors (Lipinski definition) is 5. The molecule has 0 aromatic heterocycles. The number of rotatable bonds is 8. The Kier molecular flexibility index (Phi) is 8.62. The van der Waals surface area contributed by atoms with Crippen LogP contribution >= 0.6 is 35.0 Å². The fourth-order valence-corrected chi connectivity index (χ4v) is 4.71. The number of carbonyl (C=O) groups excluding carboxylic acids is 2. The van der Waals surface area contributed by atoms with Crippen LogP contribution in [-0.2, 0) is 16.0 Å². The van der Waals surface area contributed by atoms with Crippen molar-refractivity contribution in [3.05, 3.63) is 87.4 Å². The lowest BCUT2D eigenvalue weighted by Gasteiger charge is -2.26. The molecule has 3 aromatic carbocycles. The molecule has 6 nitrogen and oxygen atoms in total. The molecule has 0 radical (unpaired) electrons. The number of nitrogens with zero attached hydrogens (tertiary/aromatic N) is 1. The molecular weight excluding hydrogens is 525 g/mol. The second-order valence-corrected chi connectivity index (χ2v) is 9.31. The quantitative estimate of drug-likeness (QED) is 0.223. The lowest BCUT2D eigenvalue weighted by Crippen LogP contribution is -2.23. The molecule has 1 aliphatic rings. The molecule has 36 heavy (non-hydrogen) atoms. The summed E-state index contributed by atoms with van der Waals surface area (Å²) in [5.74, 6) is -0.213. The molecule has 0 spiro atoms. The summed E-state index contributed by atoms with van der Waals surface area (Å²) in [5, 5.41) is 0.394. The van der Waals surface area contributed by atoms with Crippen LogP contribution in [0.3, 0.4) is 0 Å². The Morgan fingerprint density at radius 1 is 1.08 bits per heavy atom. The number of esters is 1. The molecule has 0 aliphatic carbocycles. The first-order valence-corrected chi connectivity index (χ1v) is 12.6. The lowest BCUT2D eigenvalue weighted by molar-refractivity contribution is -0.145. The van der Waals surface area contributed by atoms with Crippen molar-refractivity contribution in [2.24, 2.45) is 0 Å². The van der Waals surface area contributed by atoms with E-state index in [0.717, 1.165) is 9.98 Å². The minimum atomic E-state index is -0.511. The van der Waals surface area contributed by atoms with E-state index in [4.69, 9.17) is 49.2 Å². The molecule has 1 heterocycles. The van der Waals surface area contributed by atoms with Gasteiger partial charge in [0.25, 0.3) is 5.91 Å². The van der Waals surface area contributed by atoms with Gasteiger partial charge in [0, 0.05) is 29.4 Å². The minimum Gasteiger partial charge on any atom is -0.492 e. The second-order valence-electron chi connectivity index (χ2n) is 8.11. The van der Waals surface area contributed by atoms with Crippen molar-refractivity contribution in [1.82, 2.24) is 4.42 Å². The molecule has 0 saturated heterocycles. The number of carbonyl (C=O) groups is 2. The molecule has 9 heteroatoms. The van der Waals surface area contributed by atoms with E-state index in [-0.39, 0.29) is 34.3 Å². The van der Waals surface area contributed by atoms with Gasteiger partial charge < -0.3 is 14.2 Å². The van der Waals surface area contributed by atoms with Crippen molar-refractivity contribution in [2.45, 2.75) is 25.7 Å². The molecule has 0 bridgehead atoms. The smallest absolute Gasteiger partial charge is 0.313 e. The predicted octanol–water partition coefficient (Wildman–Crippen LogP) is 7.05. The van der Waals surface area contributed by atoms with Crippen LogP contribution in [0.15, 0.2) is 60.7 Å². The molecule has 0 fully saturated rings. The molecule has 1 amide bonds. The van der Waals surface area contributed by atoms with Gasteiger partial charge in [-0.2, -0.15) is 0 Å². The van der Waals surface area contributed by atoms with Crippen molar-refractivity contribution in [3.63, 3.8) is 0 Å². The van der Waals surface area contributed by atoms with Gasteiger partial charge in [-0.05, 0) is 55.7 Å². The maximum Gasteiger partial charge on any atom is 0.313 e. The van der Waals surface area contributed by atoms with Crippen LogP contribution in [0.5, 0.6) is 17.2 Å². The summed E-state index contributed by atoms with van der Waals surface area (Å²) in [4.78, 5) is 25.1. The summed E-state index contributed by atoms with van der Waals surface area (Å²) in [5.41, 5.74) is 2.07. The van der Waals surface area contributed by atoms with Crippen LogP contribution in [0, 0.1) is 0 Å². The van der Waals surface area contributed by atoms with Gasteiger partial charge in [0.2, 0.25) is 0 Å². The number of halogens is 3. The molecular formula is C27H24Cl3NO5. The normalized spacial score (nSPS) is 14.4. The van der Waals surface area contributed by atoms with E-state index in [0.29, 0.717) is 48.6 Å². The van der Waals surface area contributed by atoms with Gasteiger partial charge in [0.15, 0.2) is 5.75 Å². The van der Waals surface area contributed by atoms with Gasteiger partial charge >= 0.3 is 5.97 Å². The average Bonchev–Trinajstić information content (AvgIpc) is 2.90. The zero-order chi connectivity index (χ0) is 25.7. The molecule has 1 unspecified atom stereocenters. The van der Waals surface area contributed by atoms with E-state index in [1.165, 1.54) is 0 Å². The van der Waals surface area contributed by atoms with Crippen LogP contribution < -0.4 is 9.47 Å². The van der Waals surface area contributed by atoms with E-state index in [1.807, 2.05) is 30.3 Å². The third kappa shape index (κ3) is 5.89. The first-order valence-electron chi connectivity index (χ1n) is 11.5. The second kappa shape index (κ2) is 11.9. The summed E-state index contributed by atoms with van der Waals surface area (Å²) < 4.78 is 18.0. The van der Waals surface area contributed by atoms with Gasteiger partial charge in [0.05, 0.1) is 24.2 Å². The highest BCUT2D eigenvalue weighted by molar-refractivity contribution is 6.38. The zero-order valence-corrected chi connectivity index (χ0v) is 21.8. The van der Waals surface area contributed by atoms with E-state index in [1.54, 1.807) is 37.3 Å². The van der Waals surface area contributed by atoms with Crippen molar-refractivity contribution in [3.8, 4) is 17.2 Å². The maximum absolute atomic E-state index is 12.7. The van der Waals surface area contributed by atoms with Gasteiger partial charge in [-0.15, -0.1) is 0 Å². The Morgan fingerprint density at radius 3 is 2.50 bits per heavy atom. The first-order chi connectivity index (χ1) is 17.4. The predicted molar refractivity (Wildman–Crippen MR) is 139 cm³/mol. The van der Waals surface area contributed by atoms with Gasteiger partial charge in [-0.25, -0.2) is 0 Å². The Hall–Kier alpha value is -2.93. The number of amides is 1. The van der Waals surface area contributed by atoms with E-state index in [2.05, 4.69) is 0 Å². The number of hydrogen-bond donors (Lipinski definition) is 0. The zero-order valence-electron chi connectivity index (χ0n) is 19.5. The summed E-state index contributed by atoms with van der Waals surface area (Å²) in [6, 6.07) is 17.9. The molecule has 1 aliphatic heterocycles. The van der Waals surface area contributed by atoms with Crippen LogP contribution in [0.25, 0.3) is 0 Å². The topological polar surface area (TPSA) is 65.1 Å². The third-order valence-electron chi connectivity index (χ3n) is 5.74. The highest BCUT2D eigenvalue weighted by atomic mass is 35.5. The van der Waals surface area contributed by atoms with Crippen LogP contribution in [0.2, 0.25) is 10.0 Å². The minimum absolute atomic E-state index is 0.166. The fraction of sp³-hybridized carbons (Fsp3) is 0.259. The third-order valence-corrected chi connectivity index (χ3v) is 6.69. The molecule has 1 atom stereocenters. The summed E-state index contributed by atoms with van der Waals surface area (Å²) >= 11 is 19.3. The van der Waals surface area contributed by atoms with Gasteiger partial charge in [-0.1, -0.05) is 53.5 Å². The van der Waals surface area contributed by atoms with E-state index >= 15 is 0 Å². The van der Waals surface area contributed by atoms with Crippen LogP contribution in [0.1, 0.15) is 40.7 Å². The van der Waals surface area contributed by atoms with Gasteiger partial charge in [0.1, 0.15) is 16.5 Å². The fourth-order valence-electron chi connectivity index (χ4n) is 3.92. The Balaban J connectivity index is 1.46. The highest BCUT2D eigenvalue weighted by Gasteiger charge is 2.33. The van der Waals surface area contributed by atoms with E-state index < -0.39 is 5.92 Å². The van der Waals surface area contributed by atoms with Crippen molar-refractivity contribution in [2.75, 3.05) is 19.8 Å². The SMILES string of the molecule is CCOC(=O)C1CCOc2c1cc(Cl)c(Oc1ccc(C(=O)N(Cl)CCc3ccccc3)cc1)c2Cl. The molecule has 4 rings (SSSR count). The molecule has 0 saturated carbocycles. The Morgan fingerprint density at radius 2 is 1.81 bits per heavy atom. The summed E-state index contributed by atoms with van der Waals surface area (Å²) in [7, 11) is 0. The van der Waals surface area contributed by atoms with Crippen molar-refractivity contribution >= 4 is 46.9 Å². The number of fused-ring (bicyclic) bond motifs is 1. The molecule has 188 valence electrons. The van der Waals surface area contributed by atoms with Crippen LogP contribution in [-0.4, -0.2) is 36.1 Å². The Bertz CT molecular complexity index is 1230. The summed E-state index contributed by atoms with van der Waals surface area (Å²) in [6.07, 6.45) is 1.11. The highest BCUT2D eigenvalue weighted by Crippen LogP contribution is 2.49.